The Hall–Kier alpha value is -1.83. The van der Waals surface area contributed by atoms with Gasteiger partial charge in [-0.3, -0.25) is 4.79 Å². The molecule has 0 aliphatic heterocycles. The number of carbonyl (C=O) groups is 1. The number of thioether (sulfide) groups is 1. The first-order valence-corrected chi connectivity index (χ1v) is 10.1. The van der Waals surface area contributed by atoms with Crippen LogP contribution in [0.2, 0.25) is 0 Å². The molecule has 1 atom stereocenters. The van der Waals surface area contributed by atoms with Crippen molar-refractivity contribution < 1.29 is 13.2 Å². The first-order valence-electron chi connectivity index (χ1n) is 7.40. The van der Waals surface area contributed by atoms with Gasteiger partial charge in [0.2, 0.25) is 15.9 Å². The molecule has 0 aliphatic rings. The van der Waals surface area contributed by atoms with Crippen molar-refractivity contribution in [2.24, 2.45) is 5.14 Å². The standard InChI is InChI=1S/C17H20N2O3S2/c1-13(15-7-9-16(10-8-15)24(18,21)22)19-17(20)12-23-11-14-5-3-2-4-6-14/h2-10,13H,11-12H2,1H3,(H,19,20)(H2,18,21,22)/t13-/m1/s1. The molecule has 2 aromatic rings. The molecule has 0 fully saturated rings. The molecule has 24 heavy (non-hydrogen) atoms. The maximum Gasteiger partial charge on any atom is 0.238 e. The lowest BCUT2D eigenvalue weighted by molar-refractivity contribution is -0.119. The molecule has 2 aromatic carbocycles. The normalized spacial score (nSPS) is 12.6. The van der Waals surface area contributed by atoms with Crippen molar-refractivity contribution in [2.45, 2.75) is 23.6 Å². The second-order valence-electron chi connectivity index (χ2n) is 5.38. The van der Waals surface area contributed by atoms with Crippen LogP contribution in [0.1, 0.15) is 24.1 Å². The Kier molecular flexibility index (Phi) is 6.42. The number of rotatable bonds is 7. The summed E-state index contributed by atoms with van der Waals surface area (Å²) in [6, 6.07) is 16.0. The fourth-order valence-electron chi connectivity index (χ4n) is 2.15. The Morgan fingerprint density at radius 3 is 2.33 bits per heavy atom. The lowest BCUT2D eigenvalue weighted by Crippen LogP contribution is -2.28. The van der Waals surface area contributed by atoms with Crippen LogP contribution in [-0.2, 0) is 20.6 Å². The summed E-state index contributed by atoms with van der Waals surface area (Å²) in [5, 5.41) is 7.97. The first kappa shape index (κ1) is 18.5. The van der Waals surface area contributed by atoms with Crippen LogP contribution < -0.4 is 10.5 Å². The van der Waals surface area contributed by atoms with E-state index >= 15 is 0 Å². The van der Waals surface area contributed by atoms with Gasteiger partial charge in [0.05, 0.1) is 16.7 Å². The van der Waals surface area contributed by atoms with Crippen molar-refractivity contribution >= 4 is 27.7 Å². The minimum absolute atomic E-state index is 0.0565. The highest BCUT2D eigenvalue weighted by Gasteiger charge is 2.12. The van der Waals surface area contributed by atoms with E-state index in [9.17, 15) is 13.2 Å². The number of amides is 1. The number of nitrogens with two attached hydrogens (primary N) is 1. The third-order valence-corrected chi connectivity index (χ3v) is 5.36. The fraction of sp³-hybridized carbons (Fsp3) is 0.235. The van der Waals surface area contributed by atoms with Gasteiger partial charge in [0.25, 0.3) is 0 Å². The minimum Gasteiger partial charge on any atom is -0.349 e. The van der Waals surface area contributed by atoms with E-state index in [0.29, 0.717) is 5.75 Å². The molecular weight excluding hydrogens is 344 g/mol. The van der Waals surface area contributed by atoms with Crippen LogP contribution in [0, 0.1) is 0 Å². The molecule has 0 heterocycles. The summed E-state index contributed by atoms with van der Waals surface area (Å²) < 4.78 is 22.5. The predicted molar refractivity (Wildman–Crippen MR) is 97.0 cm³/mol. The number of hydrogen-bond donors (Lipinski definition) is 2. The van der Waals surface area contributed by atoms with Crippen LogP contribution in [0.15, 0.2) is 59.5 Å². The Morgan fingerprint density at radius 2 is 1.75 bits per heavy atom. The summed E-state index contributed by atoms with van der Waals surface area (Å²) in [6.07, 6.45) is 0. The molecule has 0 bridgehead atoms. The van der Waals surface area contributed by atoms with Crippen LogP contribution in [-0.4, -0.2) is 20.1 Å². The molecule has 128 valence electrons. The molecule has 1 amide bonds. The Morgan fingerprint density at radius 1 is 1.12 bits per heavy atom. The quantitative estimate of drug-likeness (QED) is 0.790. The van der Waals surface area contributed by atoms with Gasteiger partial charge in [0.15, 0.2) is 0 Å². The summed E-state index contributed by atoms with van der Waals surface area (Å²) in [5.74, 6) is 1.10. The summed E-state index contributed by atoms with van der Waals surface area (Å²) in [5.41, 5.74) is 2.01. The summed E-state index contributed by atoms with van der Waals surface area (Å²) >= 11 is 1.55. The van der Waals surface area contributed by atoms with Crippen LogP contribution in [0.5, 0.6) is 0 Å². The lowest BCUT2D eigenvalue weighted by atomic mass is 10.1. The van der Waals surface area contributed by atoms with E-state index in [1.54, 1.807) is 23.9 Å². The van der Waals surface area contributed by atoms with E-state index in [1.807, 2.05) is 37.3 Å². The van der Waals surface area contributed by atoms with Crippen molar-refractivity contribution in [1.29, 1.82) is 0 Å². The van der Waals surface area contributed by atoms with E-state index in [-0.39, 0.29) is 16.8 Å². The zero-order valence-electron chi connectivity index (χ0n) is 13.3. The smallest absolute Gasteiger partial charge is 0.238 e. The molecule has 0 saturated carbocycles. The average Bonchev–Trinajstić information content (AvgIpc) is 2.55. The molecule has 5 nitrogen and oxygen atoms in total. The predicted octanol–water partition coefficient (Wildman–Crippen LogP) is 2.44. The van der Waals surface area contributed by atoms with E-state index in [1.165, 1.54) is 17.7 Å². The van der Waals surface area contributed by atoms with E-state index in [4.69, 9.17) is 5.14 Å². The zero-order chi connectivity index (χ0) is 17.6. The minimum atomic E-state index is -3.70. The highest BCUT2D eigenvalue weighted by atomic mass is 32.2. The van der Waals surface area contributed by atoms with E-state index < -0.39 is 10.0 Å². The molecule has 0 saturated heterocycles. The van der Waals surface area contributed by atoms with Crippen LogP contribution in [0.4, 0.5) is 0 Å². The number of benzene rings is 2. The molecule has 0 aliphatic carbocycles. The highest BCUT2D eigenvalue weighted by Crippen LogP contribution is 2.16. The Bertz CT molecular complexity index is 775. The summed E-state index contributed by atoms with van der Waals surface area (Å²) in [6.45, 7) is 1.85. The van der Waals surface area contributed by atoms with E-state index in [0.717, 1.165) is 11.3 Å². The van der Waals surface area contributed by atoms with E-state index in [2.05, 4.69) is 5.32 Å². The zero-order valence-corrected chi connectivity index (χ0v) is 14.9. The molecule has 0 unspecified atom stereocenters. The van der Waals surface area contributed by atoms with Gasteiger partial charge in [-0.2, -0.15) is 0 Å². The van der Waals surface area contributed by atoms with Crippen molar-refractivity contribution in [3.8, 4) is 0 Å². The largest absolute Gasteiger partial charge is 0.349 e. The van der Waals surface area contributed by atoms with Gasteiger partial charge in [-0.25, -0.2) is 13.6 Å². The van der Waals surface area contributed by atoms with Gasteiger partial charge < -0.3 is 5.32 Å². The monoisotopic (exact) mass is 364 g/mol. The molecule has 7 heteroatoms. The van der Waals surface area contributed by atoms with Gasteiger partial charge >= 0.3 is 0 Å². The highest BCUT2D eigenvalue weighted by molar-refractivity contribution is 7.99. The summed E-state index contributed by atoms with van der Waals surface area (Å²) in [4.78, 5) is 12.1. The maximum absolute atomic E-state index is 12.0. The number of nitrogens with one attached hydrogen (secondary N) is 1. The topological polar surface area (TPSA) is 89.3 Å². The van der Waals surface area contributed by atoms with Crippen LogP contribution in [0.3, 0.4) is 0 Å². The Balaban J connectivity index is 1.83. The molecule has 2 rings (SSSR count). The number of sulfonamides is 1. The summed E-state index contributed by atoms with van der Waals surface area (Å²) in [7, 11) is -3.70. The molecule has 0 radical (unpaired) electrons. The molecule has 0 spiro atoms. The van der Waals surface area contributed by atoms with Crippen molar-refractivity contribution in [1.82, 2.24) is 5.32 Å². The lowest BCUT2D eigenvalue weighted by Gasteiger charge is -2.14. The molecular formula is C17H20N2O3S2. The van der Waals surface area contributed by atoms with Gasteiger partial charge in [0, 0.05) is 5.75 Å². The van der Waals surface area contributed by atoms with Crippen LogP contribution >= 0.6 is 11.8 Å². The molecule has 3 N–H and O–H groups in total. The van der Waals surface area contributed by atoms with Gasteiger partial charge in [0.1, 0.15) is 0 Å². The van der Waals surface area contributed by atoms with Crippen molar-refractivity contribution in [3.05, 3.63) is 65.7 Å². The van der Waals surface area contributed by atoms with Gasteiger partial charge in [-0.05, 0) is 30.2 Å². The number of primary sulfonamides is 1. The SMILES string of the molecule is C[C@@H](NC(=O)CSCc1ccccc1)c1ccc(S(N)(=O)=O)cc1. The van der Waals surface area contributed by atoms with Crippen molar-refractivity contribution in [2.75, 3.05) is 5.75 Å². The molecule has 0 aromatic heterocycles. The van der Waals surface area contributed by atoms with Gasteiger partial charge in [-0.15, -0.1) is 11.8 Å². The second kappa shape index (κ2) is 8.32. The number of hydrogen-bond acceptors (Lipinski definition) is 4. The fourth-order valence-corrected chi connectivity index (χ4v) is 3.46. The van der Waals surface area contributed by atoms with Crippen molar-refractivity contribution in [3.63, 3.8) is 0 Å². The average molecular weight is 364 g/mol. The number of carbonyl (C=O) groups excluding carboxylic acids is 1. The van der Waals surface area contributed by atoms with Gasteiger partial charge in [-0.1, -0.05) is 42.5 Å². The third kappa shape index (κ3) is 5.67. The first-order chi connectivity index (χ1) is 11.4. The third-order valence-electron chi connectivity index (χ3n) is 3.43. The maximum atomic E-state index is 12.0. The van der Waals surface area contributed by atoms with Crippen LogP contribution in [0.25, 0.3) is 0 Å². The Labute approximate surface area is 146 Å². The second-order valence-corrected chi connectivity index (χ2v) is 7.93.